The molecule has 3 unspecified atom stereocenters. The van der Waals surface area contributed by atoms with Crippen molar-refractivity contribution in [2.45, 2.75) is 58.0 Å². The first-order valence-corrected chi connectivity index (χ1v) is 9.39. The minimum atomic E-state index is -2.26. The number of rotatable bonds is 4. The van der Waals surface area contributed by atoms with Gasteiger partial charge in [0.05, 0.1) is 5.92 Å². The monoisotopic (exact) mass is 350 g/mol. The molecule has 0 radical (unpaired) electrons. The van der Waals surface area contributed by atoms with Gasteiger partial charge in [0.2, 0.25) is 0 Å². The lowest BCUT2D eigenvalue weighted by Crippen LogP contribution is -2.29. The van der Waals surface area contributed by atoms with Gasteiger partial charge in [0.25, 0.3) is 0 Å². The maximum absolute atomic E-state index is 10.5. The fourth-order valence-electron chi connectivity index (χ4n) is 2.86. The molecule has 0 amide bonds. The molecule has 2 rings (SSSR count). The van der Waals surface area contributed by atoms with Crippen LogP contribution in [-0.2, 0) is 21.0 Å². The van der Waals surface area contributed by atoms with Crippen LogP contribution in [0.25, 0.3) is 0 Å². The largest absolute Gasteiger partial charge is 0.489 e. The first-order chi connectivity index (χ1) is 11.4. The van der Waals surface area contributed by atoms with E-state index in [1.165, 1.54) is 5.56 Å². The summed E-state index contributed by atoms with van der Waals surface area (Å²) in [4.78, 5) is 0. The van der Waals surface area contributed by atoms with Crippen molar-refractivity contribution in [3.8, 4) is 17.6 Å². The van der Waals surface area contributed by atoms with Crippen molar-refractivity contribution < 1.29 is 17.7 Å². The van der Waals surface area contributed by atoms with E-state index in [9.17, 15) is 4.21 Å². The van der Waals surface area contributed by atoms with Gasteiger partial charge < -0.3 is 4.74 Å². The van der Waals surface area contributed by atoms with Gasteiger partial charge in [-0.15, -0.1) is 0 Å². The second kappa shape index (κ2) is 8.66. The minimum Gasteiger partial charge on any atom is -0.489 e. The third kappa shape index (κ3) is 5.94. The highest BCUT2D eigenvalue weighted by Crippen LogP contribution is 2.29. The molecular weight excluding hydrogens is 324 g/mol. The highest BCUT2D eigenvalue weighted by atomic mass is 32.2. The van der Waals surface area contributed by atoms with Gasteiger partial charge in [-0.1, -0.05) is 51.2 Å². The van der Waals surface area contributed by atoms with Crippen molar-refractivity contribution in [1.82, 2.24) is 0 Å². The molecule has 5 heteroatoms. The molecule has 0 saturated heterocycles. The van der Waals surface area contributed by atoms with Crippen molar-refractivity contribution in [2.24, 2.45) is 5.92 Å². The predicted octanol–water partition coefficient (Wildman–Crippen LogP) is 4.08. The van der Waals surface area contributed by atoms with Gasteiger partial charge in [-0.2, -0.15) is 4.21 Å². The van der Waals surface area contributed by atoms with E-state index in [-0.39, 0.29) is 24.0 Å². The topological polar surface area (TPSA) is 55.8 Å². The van der Waals surface area contributed by atoms with Crippen LogP contribution in [0.2, 0.25) is 0 Å². The zero-order valence-corrected chi connectivity index (χ0v) is 15.4. The molecule has 4 nitrogen and oxygen atoms in total. The standard InChI is InChI=1S/C19H26O4S/c1-19(2,3)16-10-12-17(13-11-16)23-18-9-5-4-7-15(18)8-6-14-22-24(20)21/h10-13,15,18H,4-5,7,9,14H2,1-3H3,(H,20,21). The minimum absolute atomic E-state index is 0.0351. The van der Waals surface area contributed by atoms with Crippen LogP contribution in [0.4, 0.5) is 0 Å². The molecule has 1 aliphatic rings. The molecule has 0 aromatic heterocycles. The smallest absolute Gasteiger partial charge is 0.302 e. The summed E-state index contributed by atoms with van der Waals surface area (Å²) in [5.74, 6) is 6.97. The van der Waals surface area contributed by atoms with Crippen molar-refractivity contribution in [1.29, 1.82) is 0 Å². The summed E-state index contributed by atoms with van der Waals surface area (Å²) in [7, 11) is 0. The van der Waals surface area contributed by atoms with E-state index in [0.717, 1.165) is 31.4 Å². The highest BCUT2D eigenvalue weighted by molar-refractivity contribution is 7.74. The van der Waals surface area contributed by atoms with Crippen LogP contribution in [-0.4, -0.2) is 21.5 Å². The molecule has 0 bridgehead atoms. The molecule has 1 N–H and O–H groups in total. The molecule has 0 heterocycles. The van der Waals surface area contributed by atoms with Gasteiger partial charge in [-0.25, -0.2) is 0 Å². The molecule has 1 saturated carbocycles. The maximum Gasteiger partial charge on any atom is 0.302 e. The van der Waals surface area contributed by atoms with Crippen molar-refractivity contribution in [3.63, 3.8) is 0 Å². The fraction of sp³-hybridized carbons (Fsp3) is 0.579. The van der Waals surface area contributed by atoms with Crippen LogP contribution in [0.15, 0.2) is 24.3 Å². The normalized spacial score (nSPS) is 22.3. The Hall–Kier alpha value is -1.35. The van der Waals surface area contributed by atoms with Gasteiger partial charge in [0.1, 0.15) is 18.5 Å². The lowest BCUT2D eigenvalue weighted by atomic mass is 9.86. The molecule has 3 atom stereocenters. The Morgan fingerprint density at radius 3 is 2.50 bits per heavy atom. The van der Waals surface area contributed by atoms with Crippen molar-refractivity contribution in [2.75, 3.05) is 6.61 Å². The first kappa shape index (κ1) is 19.0. The Labute approximate surface area is 147 Å². The zero-order valence-electron chi connectivity index (χ0n) is 14.6. The molecule has 0 aliphatic heterocycles. The first-order valence-electron chi connectivity index (χ1n) is 8.36. The summed E-state index contributed by atoms with van der Waals surface area (Å²) < 4.78 is 29.7. The van der Waals surface area contributed by atoms with Gasteiger partial charge in [-0.05, 0) is 42.4 Å². The summed E-state index contributed by atoms with van der Waals surface area (Å²) in [5.41, 5.74) is 1.41. The molecule has 1 aromatic carbocycles. The Bertz CT molecular complexity index is 607. The molecule has 132 valence electrons. The van der Waals surface area contributed by atoms with Gasteiger partial charge in [-0.3, -0.25) is 8.74 Å². The third-order valence-corrected chi connectivity index (χ3v) is 4.55. The number of benzene rings is 1. The Morgan fingerprint density at radius 2 is 1.88 bits per heavy atom. The Kier molecular flexibility index (Phi) is 6.85. The van der Waals surface area contributed by atoms with Gasteiger partial charge >= 0.3 is 11.4 Å². The number of hydrogen-bond donors (Lipinski definition) is 1. The second-order valence-electron chi connectivity index (χ2n) is 7.12. The average molecular weight is 350 g/mol. The highest BCUT2D eigenvalue weighted by Gasteiger charge is 2.25. The molecule has 0 spiro atoms. The molecule has 24 heavy (non-hydrogen) atoms. The van der Waals surface area contributed by atoms with Crippen LogP contribution in [0.3, 0.4) is 0 Å². The fourth-order valence-corrected chi connectivity index (χ4v) is 3.02. The molecular formula is C19H26O4S. The summed E-state index contributed by atoms with van der Waals surface area (Å²) in [5, 5.41) is 0. The summed E-state index contributed by atoms with van der Waals surface area (Å²) in [6.07, 6.45) is 4.30. The van der Waals surface area contributed by atoms with E-state index in [0.29, 0.717) is 0 Å². The second-order valence-corrected chi connectivity index (χ2v) is 7.79. The van der Waals surface area contributed by atoms with Crippen molar-refractivity contribution in [3.05, 3.63) is 29.8 Å². The molecule has 1 aliphatic carbocycles. The van der Waals surface area contributed by atoms with E-state index in [4.69, 9.17) is 9.29 Å². The average Bonchev–Trinajstić information content (AvgIpc) is 2.52. The van der Waals surface area contributed by atoms with E-state index in [1.54, 1.807) is 0 Å². The van der Waals surface area contributed by atoms with Gasteiger partial charge in [0.15, 0.2) is 0 Å². The van der Waals surface area contributed by atoms with Crippen LogP contribution in [0, 0.1) is 17.8 Å². The number of hydrogen-bond acceptors (Lipinski definition) is 3. The lowest BCUT2D eigenvalue weighted by Gasteiger charge is -2.29. The van der Waals surface area contributed by atoms with E-state index >= 15 is 0 Å². The number of ether oxygens (including phenoxy) is 1. The van der Waals surface area contributed by atoms with E-state index in [1.807, 2.05) is 12.1 Å². The third-order valence-electron chi connectivity index (χ3n) is 4.23. The lowest BCUT2D eigenvalue weighted by molar-refractivity contribution is 0.121. The summed E-state index contributed by atoms with van der Waals surface area (Å²) >= 11 is -2.26. The molecule has 1 fully saturated rings. The molecule has 1 aromatic rings. The van der Waals surface area contributed by atoms with Crippen LogP contribution in [0.5, 0.6) is 5.75 Å². The predicted molar refractivity (Wildman–Crippen MR) is 96.0 cm³/mol. The summed E-state index contributed by atoms with van der Waals surface area (Å²) in [6.45, 7) is 6.54. The van der Waals surface area contributed by atoms with E-state index < -0.39 is 11.4 Å². The van der Waals surface area contributed by atoms with Crippen LogP contribution in [0.1, 0.15) is 52.0 Å². The van der Waals surface area contributed by atoms with Crippen LogP contribution >= 0.6 is 0 Å². The SMILES string of the molecule is CC(C)(C)c1ccc(OC2CCCCC2C#CCOS(=O)O)cc1. The Morgan fingerprint density at radius 1 is 1.21 bits per heavy atom. The van der Waals surface area contributed by atoms with Gasteiger partial charge in [0, 0.05) is 0 Å². The van der Waals surface area contributed by atoms with Crippen molar-refractivity contribution >= 4 is 11.4 Å². The van der Waals surface area contributed by atoms with Crippen LogP contribution < -0.4 is 4.74 Å². The van der Waals surface area contributed by atoms with E-state index in [2.05, 4.69) is 48.9 Å². The summed E-state index contributed by atoms with van der Waals surface area (Å²) in [6, 6.07) is 8.28. The maximum atomic E-state index is 10.5. The zero-order chi connectivity index (χ0) is 17.6. The quantitative estimate of drug-likeness (QED) is 0.657. The Balaban J connectivity index is 1.99.